The molecule has 0 N–H and O–H groups in total. The van der Waals surface area contributed by atoms with Crippen LogP contribution in [0.25, 0.3) is 0 Å². The number of rotatable bonds is 5. The molecule has 0 aromatic heterocycles. The van der Waals surface area contributed by atoms with E-state index in [4.69, 9.17) is 28.6 Å². The molecule has 1 aromatic rings. The molecule has 1 heterocycles. The number of hydrogen-bond donors (Lipinski definition) is 0. The Morgan fingerprint density at radius 1 is 1.17 bits per heavy atom. The fourth-order valence-electron chi connectivity index (χ4n) is 4.42. The van der Waals surface area contributed by atoms with Gasteiger partial charge in [-0.2, -0.15) is 0 Å². The minimum absolute atomic E-state index is 0.0917. The van der Waals surface area contributed by atoms with Crippen molar-refractivity contribution in [1.82, 2.24) is 0 Å². The predicted octanol–water partition coefficient (Wildman–Crippen LogP) is 5.41. The van der Waals surface area contributed by atoms with Crippen LogP contribution in [-0.4, -0.2) is 23.3 Å². The maximum atomic E-state index is 14.7. The maximum Gasteiger partial charge on any atom is 0.260 e. The van der Waals surface area contributed by atoms with Crippen LogP contribution in [0.5, 0.6) is 5.75 Å². The molecule has 2 amide bonds. The smallest absolute Gasteiger partial charge is 0.260 e. The second-order valence-corrected chi connectivity index (χ2v) is 8.92. The van der Waals surface area contributed by atoms with Crippen molar-refractivity contribution in [3.63, 3.8) is 0 Å². The number of thiocarbonyl (C=S) groups is 1. The number of anilines is 1. The van der Waals surface area contributed by atoms with Crippen LogP contribution < -0.4 is 9.64 Å². The van der Waals surface area contributed by atoms with Gasteiger partial charge in [-0.3, -0.25) is 9.59 Å². The zero-order valence-corrected chi connectivity index (χ0v) is 17.7. The zero-order valence-electron chi connectivity index (χ0n) is 16.1. The average molecular weight is 436 g/mol. The van der Waals surface area contributed by atoms with Gasteiger partial charge in [0.25, 0.3) is 5.91 Å². The van der Waals surface area contributed by atoms with Gasteiger partial charge < -0.3 is 4.74 Å². The third-order valence-corrected chi connectivity index (χ3v) is 6.80. The lowest BCUT2D eigenvalue weighted by Crippen LogP contribution is -2.46. The zero-order chi connectivity index (χ0) is 20.5. The third kappa shape index (κ3) is 4.10. The van der Waals surface area contributed by atoms with E-state index >= 15 is 0 Å². The number of benzene rings is 1. The maximum absolute atomic E-state index is 14.7. The van der Waals surface area contributed by atoms with Gasteiger partial charge in [0, 0.05) is 16.5 Å². The summed E-state index contributed by atoms with van der Waals surface area (Å²) in [4.78, 5) is 27.3. The molecule has 154 valence electrons. The Morgan fingerprint density at radius 3 is 2.69 bits per heavy atom. The molecule has 1 unspecified atom stereocenters. The van der Waals surface area contributed by atoms with Crippen LogP contribution >= 0.6 is 23.8 Å². The van der Waals surface area contributed by atoms with Crippen molar-refractivity contribution >= 4 is 46.2 Å². The standard InChI is InChI=1S/C22H23ClFNO3S/c23-16-10-17(24)18(25-21(26)14-7-4-8-15(9-14)22(25)27)11-19(16)28-12-20(29)13-5-2-1-3-6-13/h9-11,13-14H,1-8,12H2. The van der Waals surface area contributed by atoms with Crippen molar-refractivity contribution in [1.29, 1.82) is 0 Å². The Balaban J connectivity index is 1.56. The van der Waals surface area contributed by atoms with Crippen LogP contribution in [0, 0.1) is 17.7 Å². The molecule has 7 heteroatoms. The number of hydrogen-bond acceptors (Lipinski definition) is 4. The first-order chi connectivity index (χ1) is 14.0. The topological polar surface area (TPSA) is 46.6 Å². The molecule has 4 nitrogen and oxygen atoms in total. The molecule has 0 saturated heterocycles. The van der Waals surface area contributed by atoms with Gasteiger partial charge in [-0.1, -0.05) is 49.2 Å². The molecule has 0 radical (unpaired) electrons. The van der Waals surface area contributed by atoms with Crippen molar-refractivity contribution in [3.05, 3.63) is 34.6 Å². The van der Waals surface area contributed by atoms with Gasteiger partial charge in [0.15, 0.2) is 0 Å². The first kappa shape index (κ1) is 20.5. The lowest BCUT2D eigenvalue weighted by molar-refractivity contribution is -0.128. The third-order valence-electron chi connectivity index (χ3n) is 6.05. The van der Waals surface area contributed by atoms with E-state index in [1.54, 1.807) is 6.08 Å². The summed E-state index contributed by atoms with van der Waals surface area (Å²) in [5.74, 6) is -1.38. The summed E-state index contributed by atoms with van der Waals surface area (Å²) in [7, 11) is 0. The molecular weight excluding hydrogens is 413 g/mol. The van der Waals surface area contributed by atoms with E-state index < -0.39 is 17.6 Å². The minimum atomic E-state index is -0.723. The van der Waals surface area contributed by atoms with Crippen molar-refractivity contribution in [2.24, 2.45) is 11.8 Å². The van der Waals surface area contributed by atoms with E-state index in [1.165, 1.54) is 25.3 Å². The van der Waals surface area contributed by atoms with Gasteiger partial charge in [0.05, 0.1) is 16.6 Å². The largest absolute Gasteiger partial charge is 0.487 e. The summed E-state index contributed by atoms with van der Waals surface area (Å²) in [6, 6.07) is 2.44. The molecule has 3 aliphatic rings. The summed E-state index contributed by atoms with van der Waals surface area (Å²) in [5.41, 5.74) is 0.455. The molecule has 4 rings (SSSR count). The van der Waals surface area contributed by atoms with Crippen LogP contribution in [0.3, 0.4) is 0 Å². The molecule has 0 spiro atoms. The molecule has 29 heavy (non-hydrogen) atoms. The fraction of sp³-hybridized carbons (Fsp3) is 0.500. The minimum Gasteiger partial charge on any atom is -0.487 e. The lowest BCUT2D eigenvalue weighted by atomic mass is 9.85. The normalized spacial score (nSPS) is 22.5. The van der Waals surface area contributed by atoms with E-state index in [1.807, 2.05) is 0 Å². The number of nitrogens with zero attached hydrogens (tertiary/aromatic N) is 1. The summed E-state index contributed by atoms with van der Waals surface area (Å²) in [6.45, 7) is 0.209. The quantitative estimate of drug-likeness (QED) is 0.458. The molecule has 1 fully saturated rings. The molecule has 2 aliphatic carbocycles. The highest BCUT2D eigenvalue weighted by Gasteiger charge is 2.39. The van der Waals surface area contributed by atoms with Gasteiger partial charge in [-0.25, -0.2) is 9.29 Å². The van der Waals surface area contributed by atoms with Crippen molar-refractivity contribution in [2.45, 2.75) is 51.4 Å². The summed E-state index contributed by atoms with van der Waals surface area (Å²) < 4.78 is 20.5. The monoisotopic (exact) mass is 435 g/mol. The second kappa shape index (κ2) is 8.52. The first-order valence-corrected chi connectivity index (χ1v) is 11.0. The van der Waals surface area contributed by atoms with E-state index in [2.05, 4.69) is 0 Å². The van der Waals surface area contributed by atoms with Gasteiger partial charge >= 0.3 is 0 Å². The lowest BCUT2D eigenvalue weighted by Gasteiger charge is -2.33. The highest BCUT2D eigenvalue weighted by Crippen LogP contribution is 2.38. The fourth-order valence-corrected chi connectivity index (χ4v) is 4.92. The molecule has 1 saturated carbocycles. The van der Waals surface area contributed by atoms with E-state index in [9.17, 15) is 14.0 Å². The SMILES string of the molecule is O=C1C2=CC(CCC2)C(=O)N1c1cc(OCC(=S)C2CCCCC2)c(Cl)cc1F. The Labute approximate surface area is 180 Å². The first-order valence-electron chi connectivity index (χ1n) is 10.2. The summed E-state index contributed by atoms with van der Waals surface area (Å²) in [5, 5.41) is 0.0917. The molecule has 2 bridgehead atoms. The summed E-state index contributed by atoms with van der Waals surface area (Å²) in [6.07, 6.45) is 9.49. The number of carbonyl (C=O) groups excluding carboxylic acids is 2. The van der Waals surface area contributed by atoms with Crippen molar-refractivity contribution in [3.8, 4) is 5.75 Å². The van der Waals surface area contributed by atoms with Crippen molar-refractivity contribution in [2.75, 3.05) is 11.5 Å². The number of imide groups is 1. The van der Waals surface area contributed by atoms with E-state index in [0.717, 1.165) is 35.1 Å². The molecule has 1 aromatic carbocycles. The Bertz CT molecular complexity index is 894. The highest BCUT2D eigenvalue weighted by molar-refractivity contribution is 7.80. The predicted molar refractivity (Wildman–Crippen MR) is 114 cm³/mol. The molecule has 1 aliphatic heterocycles. The number of carbonyl (C=O) groups is 2. The Kier molecular flexibility index (Phi) is 6.02. The van der Waals surface area contributed by atoms with Crippen molar-refractivity contribution < 1.29 is 18.7 Å². The second-order valence-electron chi connectivity index (χ2n) is 7.99. The Morgan fingerprint density at radius 2 is 1.93 bits per heavy atom. The highest BCUT2D eigenvalue weighted by atomic mass is 35.5. The number of amides is 2. The van der Waals surface area contributed by atoms with Crippen LogP contribution in [0.1, 0.15) is 51.4 Å². The molecular formula is C22H23ClFNO3S. The van der Waals surface area contributed by atoms with Crippen LogP contribution in [-0.2, 0) is 9.59 Å². The van der Waals surface area contributed by atoms with E-state index in [0.29, 0.717) is 24.3 Å². The van der Waals surface area contributed by atoms with Crippen LogP contribution in [0.4, 0.5) is 10.1 Å². The average Bonchev–Trinajstić information content (AvgIpc) is 2.74. The molecule has 1 atom stereocenters. The number of ether oxygens (including phenoxy) is 1. The van der Waals surface area contributed by atoms with Gasteiger partial charge in [0.1, 0.15) is 18.2 Å². The van der Waals surface area contributed by atoms with Gasteiger partial charge in [-0.05, 0) is 44.1 Å². The Hall–Kier alpha value is -1.79. The van der Waals surface area contributed by atoms with Crippen LogP contribution in [0.2, 0.25) is 5.02 Å². The van der Waals surface area contributed by atoms with E-state index in [-0.39, 0.29) is 29.0 Å². The number of fused-ring (bicyclic) bond motifs is 1. The van der Waals surface area contributed by atoms with Gasteiger partial charge in [0.2, 0.25) is 5.91 Å². The van der Waals surface area contributed by atoms with Crippen LogP contribution in [0.15, 0.2) is 23.8 Å². The summed E-state index contributed by atoms with van der Waals surface area (Å²) >= 11 is 11.7. The number of halogens is 2. The van der Waals surface area contributed by atoms with Gasteiger partial charge in [-0.15, -0.1) is 0 Å².